The van der Waals surface area contributed by atoms with E-state index >= 15 is 0 Å². The van der Waals surface area contributed by atoms with Gasteiger partial charge in [0.1, 0.15) is 0 Å². The number of carboxylic acids is 1. The average molecular weight is 263 g/mol. The maximum absolute atomic E-state index is 10.9. The van der Waals surface area contributed by atoms with Crippen LogP contribution in [-0.4, -0.2) is 22.3 Å². The quantitative estimate of drug-likeness (QED) is 0.877. The summed E-state index contributed by atoms with van der Waals surface area (Å²) < 4.78 is 0. The third kappa shape index (κ3) is 3.37. The Kier molecular flexibility index (Phi) is 4.59. The van der Waals surface area contributed by atoms with Gasteiger partial charge >= 0.3 is 5.97 Å². The first-order valence-corrected chi connectivity index (χ1v) is 5.52. The van der Waals surface area contributed by atoms with Gasteiger partial charge in [-0.25, -0.2) is 0 Å². The fourth-order valence-corrected chi connectivity index (χ4v) is 1.71. The van der Waals surface area contributed by atoms with Gasteiger partial charge in [0.25, 0.3) is 0 Å². The molecule has 88 valence electrons. The normalized spacial score (nSPS) is 14.5. The molecule has 0 aliphatic carbocycles. The molecular formula is C11H12Cl2O3. The summed E-state index contributed by atoms with van der Waals surface area (Å²) >= 11 is 11.6. The average Bonchev–Trinajstić information content (AvgIpc) is 2.18. The van der Waals surface area contributed by atoms with Crippen molar-refractivity contribution < 1.29 is 15.0 Å². The molecule has 0 bridgehead atoms. The molecule has 0 unspecified atom stereocenters. The molecule has 0 aliphatic rings. The zero-order valence-electron chi connectivity index (χ0n) is 8.65. The Bertz CT molecular complexity index is 391. The summed E-state index contributed by atoms with van der Waals surface area (Å²) in [6.45, 7) is 1.45. The van der Waals surface area contributed by atoms with Gasteiger partial charge in [-0.15, -0.1) is 0 Å². The summed E-state index contributed by atoms with van der Waals surface area (Å²) in [6, 6.07) is 4.93. The standard InChI is InChI=1S/C11H12Cl2O3/c1-6(14)8(11(15)16)4-7-2-3-9(12)10(13)5-7/h2-3,5-6,8,14H,4H2,1H3,(H,15,16)/t6-,8-/m1/s1. The van der Waals surface area contributed by atoms with Gasteiger partial charge in [0.2, 0.25) is 0 Å². The van der Waals surface area contributed by atoms with Gasteiger partial charge in [-0.05, 0) is 31.0 Å². The topological polar surface area (TPSA) is 57.5 Å². The Morgan fingerprint density at radius 3 is 2.44 bits per heavy atom. The largest absolute Gasteiger partial charge is 0.481 e. The minimum atomic E-state index is -1.03. The summed E-state index contributed by atoms with van der Waals surface area (Å²) in [5.74, 6) is -1.86. The highest BCUT2D eigenvalue weighted by Crippen LogP contribution is 2.24. The van der Waals surface area contributed by atoms with Crippen LogP contribution in [0.4, 0.5) is 0 Å². The predicted molar refractivity (Wildman–Crippen MR) is 63.0 cm³/mol. The van der Waals surface area contributed by atoms with Crippen LogP contribution >= 0.6 is 23.2 Å². The van der Waals surface area contributed by atoms with Gasteiger partial charge in [0.15, 0.2) is 0 Å². The van der Waals surface area contributed by atoms with Crippen LogP contribution < -0.4 is 0 Å². The number of rotatable bonds is 4. The number of benzene rings is 1. The molecule has 0 saturated heterocycles. The molecule has 0 fully saturated rings. The van der Waals surface area contributed by atoms with Gasteiger partial charge in [0, 0.05) is 0 Å². The zero-order chi connectivity index (χ0) is 12.3. The van der Waals surface area contributed by atoms with E-state index in [0.717, 1.165) is 5.56 Å². The van der Waals surface area contributed by atoms with Gasteiger partial charge in [-0.2, -0.15) is 0 Å². The molecule has 0 saturated carbocycles. The van der Waals surface area contributed by atoms with Crippen LogP contribution in [0.2, 0.25) is 10.0 Å². The van der Waals surface area contributed by atoms with Crippen molar-refractivity contribution in [2.75, 3.05) is 0 Å². The zero-order valence-corrected chi connectivity index (χ0v) is 10.2. The maximum Gasteiger partial charge on any atom is 0.309 e. The van der Waals surface area contributed by atoms with Crippen LogP contribution in [-0.2, 0) is 11.2 Å². The molecule has 0 amide bonds. The summed E-state index contributed by atoms with van der Waals surface area (Å²) in [7, 11) is 0. The first-order valence-electron chi connectivity index (χ1n) is 4.76. The SMILES string of the molecule is C[C@@H](O)[C@@H](Cc1ccc(Cl)c(Cl)c1)C(=O)O. The minimum Gasteiger partial charge on any atom is -0.481 e. The fourth-order valence-electron chi connectivity index (χ4n) is 1.38. The smallest absolute Gasteiger partial charge is 0.309 e. The van der Waals surface area contributed by atoms with Gasteiger partial charge < -0.3 is 10.2 Å². The van der Waals surface area contributed by atoms with Gasteiger partial charge in [-0.3, -0.25) is 4.79 Å². The number of hydrogen-bond acceptors (Lipinski definition) is 2. The highest BCUT2D eigenvalue weighted by molar-refractivity contribution is 6.42. The lowest BCUT2D eigenvalue weighted by molar-refractivity contribution is -0.145. The van der Waals surface area contributed by atoms with Crippen molar-refractivity contribution in [2.45, 2.75) is 19.4 Å². The molecule has 0 aliphatic heterocycles. The molecule has 1 rings (SSSR count). The van der Waals surface area contributed by atoms with E-state index in [4.69, 9.17) is 28.3 Å². The van der Waals surface area contributed by atoms with E-state index in [9.17, 15) is 9.90 Å². The predicted octanol–water partition coefficient (Wildman–Crippen LogP) is 2.62. The first-order chi connectivity index (χ1) is 7.41. The number of carboxylic acid groups (broad SMARTS) is 1. The number of aliphatic hydroxyl groups excluding tert-OH is 1. The summed E-state index contributed by atoms with van der Waals surface area (Å²) in [5.41, 5.74) is 0.739. The highest BCUT2D eigenvalue weighted by Gasteiger charge is 2.23. The second-order valence-corrected chi connectivity index (χ2v) is 4.45. The van der Waals surface area contributed by atoms with Crippen LogP contribution in [0.3, 0.4) is 0 Å². The Balaban J connectivity index is 2.86. The molecule has 0 spiro atoms. The first kappa shape index (κ1) is 13.3. The van der Waals surface area contributed by atoms with Crippen molar-refractivity contribution in [1.29, 1.82) is 0 Å². The lowest BCUT2D eigenvalue weighted by Crippen LogP contribution is -2.27. The van der Waals surface area contributed by atoms with Crippen molar-refractivity contribution in [3.8, 4) is 0 Å². The maximum atomic E-state index is 10.9. The number of hydrogen-bond donors (Lipinski definition) is 2. The van der Waals surface area contributed by atoms with Gasteiger partial charge in [-0.1, -0.05) is 29.3 Å². The Morgan fingerprint density at radius 2 is 2.00 bits per heavy atom. The van der Waals surface area contributed by atoms with Crippen molar-refractivity contribution in [3.63, 3.8) is 0 Å². The molecular weight excluding hydrogens is 251 g/mol. The van der Waals surface area contributed by atoms with Crippen LogP contribution in [0.1, 0.15) is 12.5 Å². The van der Waals surface area contributed by atoms with Gasteiger partial charge in [0.05, 0.1) is 22.1 Å². The molecule has 0 heterocycles. The highest BCUT2D eigenvalue weighted by atomic mass is 35.5. The summed E-state index contributed by atoms with van der Waals surface area (Å²) in [6.07, 6.45) is -0.684. The van der Waals surface area contributed by atoms with E-state index in [0.29, 0.717) is 10.0 Å². The van der Waals surface area contributed by atoms with Crippen molar-refractivity contribution >= 4 is 29.2 Å². The molecule has 5 heteroatoms. The van der Waals surface area contributed by atoms with E-state index < -0.39 is 18.0 Å². The van der Waals surface area contributed by atoms with Crippen LogP contribution in [0.5, 0.6) is 0 Å². The molecule has 0 radical (unpaired) electrons. The Morgan fingerprint density at radius 1 is 1.38 bits per heavy atom. The lowest BCUT2D eigenvalue weighted by Gasteiger charge is -2.15. The number of aliphatic carboxylic acids is 1. The lowest BCUT2D eigenvalue weighted by atomic mass is 9.95. The van der Waals surface area contributed by atoms with Crippen LogP contribution in [0.15, 0.2) is 18.2 Å². The third-order valence-electron chi connectivity index (χ3n) is 2.34. The van der Waals surface area contributed by atoms with E-state index in [1.54, 1.807) is 18.2 Å². The molecule has 3 nitrogen and oxygen atoms in total. The monoisotopic (exact) mass is 262 g/mol. The molecule has 16 heavy (non-hydrogen) atoms. The Hall–Kier alpha value is -0.770. The van der Waals surface area contributed by atoms with E-state index in [1.807, 2.05) is 0 Å². The minimum absolute atomic E-state index is 0.226. The molecule has 2 atom stereocenters. The molecule has 1 aromatic carbocycles. The second-order valence-electron chi connectivity index (χ2n) is 3.64. The molecule has 0 aromatic heterocycles. The number of aliphatic hydroxyl groups is 1. The number of carbonyl (C=O) groups is 1. The molecule has 1 aromatic rings. The number of halogens is 2. The molecule has 2 N–H and O–H groups in total. The fraction of sp³-hybridized carbons (Fsp3) is 0.364. The van der Waals surface area contributed by atoms with Crippen molar-refractivity contribution in [1.82, 2.24) is 0 Å². The van der Waals surface area contributed by atoms with Crippen molar-refractivity contribution in [2.24, 2.45) is 5.92 Å². The van der Waals surface area contributed by atoms with Crippen molar-refractivity contribution in [3.05, 3.63) is 33.8 Å². The second kappa shape index (κ2) is 5.53. The summed E-state index contributed by atoms with van der Waals surface area (Å²) in [4.78, 5) is 10.9. The van der Waals surface area contributed by atoms with E-state index in [2.05, 4.69) is 0 Å². The van der Waals surface area contributed by atoms with Crippen LogP contribution in [0.25, 0.3) is 0 Å². The summed E-state index contributed by atoms with van der Waals surface area (Å²) in [5, 5.41) is 19.0. The Labute approximate surface area is 104 Å². The van der Waals surface area contributed by atoms with E-state index in [1.165, 1.54) is 6.92 Å². The van der Waals surface area contributed by atoms with E-state index in [-0.39, 0.29) is 6.42 Å². The third-order valence-corrected chi connectivity index (χ3v) is 3.08. The van der Waals surface area contributed by atoms with Crippen LogP contribution in [0, 0.1) is 5.92 Å².